The van der Waals surface area contributed by atoms with Crippen LogP contribution in [0.4, 0.5) is 0 Å². The molecule has 136 valence electrons. The lowest BCUT2D eigenvalue weighted by atomic mass is 9.46. The topological polar surface area (TPSA) is 72.8 Å². The number of cyclic esters (lactones) is 1. The van der Waals surface area contributed by atoms with E-state index in [9.17, 15) is 14.7 Å². The molecule has 5 heteroatoms. The van der Waals surface area contributed by atoms with Gasteiger partial charge in [-0.1, -0.05) is 18.6 Å². The van der Waals surface area contributed by atoms with Crippen molar-refractivity contribution in [2.24, 2.45) is 22.7 Å². The fourth-order valence-corrected chi connectivity index (χ4v) is 5.84. The molecule has 0 aromatic rings. The molecule has 2 saturated heterocycles. The van der Waals surface area contributed by atoms with E-state index in [1.54, 1.807) is 0 Å². The van der Waals surface area contributed by atoms with Crippen molar-refractivity contribution in [1.82, 2.24) is 0 Å². The Bertz CT molecular complexity index is 678. The van der Waals surface area contributed by atoms with Gasteiger partial charge in [0.05, 0.1) is 12.0 Å². The lowest BCUT2D eigenvalue weighted by Crippen LogP contribution is -2.53. The van der Waals surface area contributed by atoms with Gasteiger partial charge in [-0.25, -0.2) is 4.79 Å². The second-order valence-corrected chi connectivity index (χ2v) is 8.39. The first-order valence-electron chi connectivity index (χ1n) is 9.26. The Morgan fingerprint density at radius 3 is 2.84 bits per heavy atom. The Morgan fingerprint density at radius 2 is 2.12 bits per heavy atom. The number of carbonyl (C=O) groups excluding carboxylic acids is 2. The van der Waals surface area contributed by atoms with Gasteiger partial charge in [0.25, 0.3) is 0 Å². The van der Waals surface area contributed by atoms with Crippen molar-refractivity contribution < 1.29 is 24.2 Å². The summed E-state index contributed by atoms with van der Waals surface area (Å²) in [5.41, 5.74) is 1.41. The summed E-state index contributed by atoms with van der Waals surface area (Å²) in [5.74, 6) is -0.328. The van der Waals surface area contributed by atoms with Crippen molar-refractivity contribution in [2.75, 3.05) is 13.2 Å². The monoisotopic (exact) mass is 346 g/mol. The van der Waals surface area contributed by atoms with E-state index in [0.29, 0.717) is 31.6 Å². The van der Waals surface area contributed by atoms with Crippen molar-refractivity contribution in [3.63, 3.8) is 0 Å². The van der Waals surface area contributed by atoms with Crippen LogP contribution < -0.4 is 0 Å². The van der Waals surface area contributed by atoms with E-state index in [2.05, 4.69) is 13.8 Å². The molecule has 3 fully saturated rings. The molecule has 1 N–H and O–H groups in total. The van der Waals surface area contributed by atoms with Crippen LogP contribution in [0.5, 0.6) is 0 Å². The molecule has 5 aliphatic rings. The van der Waals surface area contributed by atoms with Crippen LogP contribution in [0.2, 0.25) is 0 Å². The molecular formula is C20H26O5. The minimum absolute atomic E-state index is 0.112. The lowest BCUT2D eigenvalue weighted by molar-refractivity contribution is -0.151. The Labute approximate surface area is 148 Å². The SMILES string of the molecule is CC1=C[C@H](O)C[C@H]2[C@@]13CC[C@@H](C(=O)OC3)[C@]2(C)CCC1=CCOC1=O. The Balaban J connectivity index is 1.70. The summed E-state index contributed by atoms with van der Waals surface area (Å²) in [6, 6.07) is 0. The fourth-order valence-electron chi connectivity index (χ4n) is 5.84. The van der Waals surface area contributed by atoms with Gasteiger partial charge in [0, 0.05) is 11.0 Å². The van der Waals surface area contributed by atoms with Crippen molar-refractivity contribution in [3.8, 4) is 0 Å². The highest BCUT2D eigenvalue weighted by Gasteiger charge is 2.62. The zero-order valence-electron chi connectivity index (χ0n) is 14.9. The summed E-state index contributed by atoms with van der Waals surface area (Å²) in [6.07, 6.45) is 7.07. The van der Waals surface area contributed by atoms with E-state index in [0.717, 1.165) is 24.8 Å². The number of esters is 2. The summed E-state index contributed by atoms with van der Waals surface area (Å²) in [6.45, 7) is 4.99. The lowest BCUT2D eigenvalue weighted by Gasteiger charge is -2.56. The molecule has 0 amide bonds. The zero-order valence-corrected chi connectivity index (χ0v) is 14.9. The molecule has 2 bridgehead atoms. The molecule has 3 aliphatic heterocycles. The predicted molar refractivity (Wildman–Crippen MR) is 90.4 cm³/mol. The van der Waals surface area contributed by atoms with Gasteiger partial charge in [0.15, 0.2) is 0 Å². The van der Waals surface area contributed by atoms with Gasteiger partial charge in [-0.05, 0) is 56.4 Å². The van der Waals surface area contributed by atoms with Crippen LogP contribution in [0.15, 0.2) is 23.3 Å². The molecule has 25 heavy (non-hydrogen) atoms. The van der Waals surface area contributed by atoms with E-state index >= 15 is 0 Å². The van der Waals surface area contributed by atoms with Crippen LogP contribution in [-0.2, 0) is 19.1 Å². The van der Waals surface area contributed by atoms with Gasteiger partial charge in [-0.3, -0.25) is 4.79 Å². The van der Waals surface area contributed by atoms with E-state index in [1.165, 1.54) is 0 Å². The summed E-state index contributed by atoms with van der Waals surface area (Å²) in [7, 11) is 0. The summed E-state index contributed by atoms with van der Waals surface area (Å²) in [4.78, 5) is 24.5. The molecule has 0 aromatic carbocycles. The molecule has 1 spiro atoms. The number of carbonyl (C=O) groups is 2. The highest BCUT2D eigenvalue weighted by Crippen LogP contribution is 2.64. The molecule has 0 radical (unpaired) electrons. The van der Waals surface area contributed by atoms with Crippen molar-refractivity contribution in [1.29, 1.82) is 0 Å². The largest absolute Gasteiger partial charge is 0.465 e. The maximum Gasteiger partial charge on any atom is 0.334 e. The van der Waals surface area contributed by atoms with Gasteiger partial charge >= 0.3 is 11.9 Å². The van der Waals surface area contributed by atoms with Crippen LogP contribution in [0.3, 0.4) is 0 Å². The molecule has 5 nitrogen and oxygen atoms in total. The predicted octanol–water partition coefficient (Wildman–Crippen LogP) is 2.54. The number of hydrogen-bond donors (Lipinski definition) is 1. The summed E-state index contributed by atoms with van der Waals surface area (Å²) < 4.78 is 10.7. The Morgan fingerprint density at radius 1 is 1.32 bits per heavy atom. The van der Waals surface area contributed by atoms with Gasteiger partial charge < -0.3 is 14.6 Å². The Kier molecular flexibility index (Phi) is 3.83. The number of hydrogen-bond acceptors (Lipinski definition) is 5. The summed E-state index contributed by atoms with van der Waals surface area (Å²) in [5, 5.41) is 10.4. The van der Waals surface area contributed by atoms with E-state index in [-0.39, 0.29) is 34.6 Å². The third-order valence-electron chi connectivity index (χ3n) is 7.34. The molecule has 1 saturated carbocycles. The second-order valence-electron chi connectivity index (χ2n) is 8.39. The van der Waals surface area contributed by atoms with Gasteiger partial charge in [0.1, 0.15) is 13.2 Å². The average Bonchev–Trinajstić information content (AvgIpc) is 2.85. The molecule has 0 aromatic heterocycles. The first kappa shape index (κ1) is 16.8. The van der Waals surface area contributed by atoms with Crippen molar-refractivity contribution in [2.45, 2.75) is 52.1 Å². The number of rotatable bonds is 3. The number of fused-ring (bicyclic) bond motifs is 3. The smallest absolute Gasteiger partial charge is 0.334 e. The molecule has 0 unspecified atom stereocenters. The van der Waals surface area contributed by atoms with Crippen LogP contribution in [-0.4, -0.2) is 36.4 Å². The summed E-state index contributed by atoms with van der Waals surface area (Å²) >= 11 is 0. The first-order valence-corrected chi connectivity index (χ1v) is 9.26. The average molecular weight is 346 g/mol. The normalized spacial score (nSPS) is 42.9. The van der Waals surface area contributed by atoms with Gasteiger partial charge in [-0.15, -0.1) is 0 Å². The van der Waals surface area contributed by atoms with Crippen LogP contribution in [0, 0.1) is 22.7 Å². The maximum atomic E-state index is 12.7. The minimum atomic E-state index is -0.472. The van der Waals surface area contributed by atoms with E-state index < -0.39 is 6.10 Å². The standard InChI is InChI=1S/C20H26O5/c1-12-9-14(21)10-16-19(2,6-3-13-5-8-24-17(13)22)15-4-7-20(12,16)11-25-18(15)23/h5,9,14-16,21H,3-4,6-8,10-11H2,1-2H3/t14-,15-,16+,19-,20+/m0/s1. The number of ether oxygens (including phenoxy) is 2. The molecule has 2 aliphatic carbocycles. The van der Waals surface area contributed by atoms with Crippen LogP contribution >= 0.6 is 0 Å². The van der Waals surface area contributed by atoms with Crippen molar-refractivity contribution in [3.05, 3.63) is 23.3 Å². The third kappa shape index (κ3) is 2.39. The van der Waals surface area contributed by atoms with E-state index in [4.69, 9.17) is 9.47 Å². The Hall–Kier alpha value is -1.62. The highest BCUT2D eigenvalue weighted by molar-refractivity contribution is 5.90. The zero-order chi connectivity index (χ0) is 17.8. The first-order chi connectivity index (χ1) is 11.9. The molecular weight excluding hydrogens is 320 g/mol. The fraction of sp³-hybridized carbons (Fsp3) is 0.700. The highest BCUT2D eigenvalue weighted by atomic mass is 16.5. The molecule has 5 rings (SSSR count). The molecule has 3 heterocycles. The van der Waals surface area contributed by atoms with Gasteiger partial charge in [0.2, 0.25) is 0 Å². The van der Waals surface area contributed by atoms with Crippen LogP contribution in [0.25, 0.3) is 0 Å². The van der Waals surface area contributed by atoms with Gasteiger partial charge in [-0.2, -0.15) is 0 Å². The van der Waals surface area contributed by atoms with Crippen molar-refractivity contribution >= 4 is 11.9 Å². The second kappa shape index (κ2) is 5.70. The minimum Gasteiger partial charge on any atom is -0.465 e. The molecule has 5 atom stereocenters. The maximum absolute atomic E-state index is 12.7. The number of aliphatic hydroxyl groups excluding tert-OH is 1. The third-order valence-corrected chi connectivity index (χ3v) is 7.34. The quantitative estimate of drug-likeness (QED) is 0.628. The number of aliphatic hydroxyl groups is 1. The van der Waals surface area contributed by atoms with E-state index in [1.807, 2.05) is 12.2 Å². The van der Waals surface area contributed by atoms with Crippen LogP contribution in [0.1, 0.15) is 46.0 Å².